The maximum Gasteiger partial charge on any atom is 0.267 e. The van der Waals surface area contributed by atoms with E-state index in [9.17, 15) is 9.59 Å². The lowest BCUT2D eigenvalue weighted by Crippen LogP contribution is -2.20. The Labute approximate surface area is 165 Å². The Bertz CT molecular complexity index is 1270. The van der Waals surface area contributed by atoms with Gasteiger partial charge in [0.15, 0.2) is 0 Å². The maximum absolute atomic E-state index is 12.4. The van der Waals surface area contributed by atoms with Gasteiger partial charge in [-0.2, -0.15) is 10.2 Å². The van der Waals surface area contributed by atoms with Crippen molar-refractivity contribution >= 4 is 22.7 Å². The van der Waals surface area contributed by atoms with Crippen LogP contribution in [0.4, 0.5) is 0 Å². The summed E-state index contributed by atoms with van der Waals surface area (Å²) in [4.78, 5) is 29.0. The molecule has 0 radical (unpaired) electrons. The van der Waals surface area contributed by atoms with Crippen LogP contribution in [0.25, 0.3) is 22.0 Å². The molecule has 146 valence electrons. The van der Waals surface area contributed by atoms with Crippen LogP contribution >= 0.6 is 0 Å². The van der Waals surface area contributed by atoms with Crippen molar-refractivity contribution in [2.75, 3.05) is 0 Å². The van der Waals surface area contributed by atoms with E-state index in [0.717, 1.165) is 5.69 Å². The lowest BCUT2D eigenvalue weighted by molar-refractivity contribution is 0.0996. The number of fused-ring (bicyclic) bond motifs is 1. The zero-order valence-electron chi connectivity index (χ0n) is 16.0. The molecule has 9 heteroatoms. The molecule has 9 nitrogen and oxygen atoms in total. The Hall–Kier alpha value is -4.01. The van der Waals surface area contributed by atoms with Gasteiger partial charge in [-0.25, -0.2) is 4.98 Å². The Balaban J connectivity index is 1.95. The molecule has 0 aliphatic heterocycles. The zero-order chi connectivity index (χ0) is 20.7. The van der Waals surface area contributed by atoms with E-state index < -0.39 is 11.8 Å². The second kappa shape index (κ2) is 6.86. The molecule has 3 aromatic heterocycles. The van der Waals surface area contributed by atoms with Gasteiger partial charge in [0.05, 0.1) is 29.0 Å². The second-order valence-corrected chi connectivity index (χ2v) is 6.76. The number of aromatic nitrogens is 5. The third kappa shape index (κ3) is 3.22. The molecule has 29 heavy (non-hydrogen) atoms. The van der Waals surface area contributed by atoms with Crippen molar-refractivity contribution in [1.82, 2.24) is 24.5 Å². The molecular weight excluding hydrogens is 370 g/mol. The fraction of sp³-hybridized carbons (Fsp3) is 0.150. The standard InChI is InChI=1S/C20H19N7O2/c1-11-14(10-27(24-11)9-12-7-8-26(2)25-12)16-17(19(21)28)13-5-3-4-6-15(13)23-18(16)20(22)29/h3-8,10H,9H2,1-2H3,(H2,21,28)(H2,22,29). The average Bonchev–Trinajstić information content (AvgIpc) is 3.24. The molecular formula is C20H19N7O2. The molecule has 1 aromatic carbocycles. The van der Waals surface area contributed by atoms with Gasteiger partial charge in [-0.15, -0.1) is 0 Å². The molecule has 0 saturated heterocycles. The predicted molar refractivity (Wildman–Crippen MR) is 107 cm³/mol. The molecule has 3 heterocycles. The van der Waals surface area contributed by atoms with Gasteiger partial charge in [0, 0.05) is 36.0 Å². The highest BCUT2D eigenvalue weighted by atomic mass is 16.1. The van der Waals surface area contributed by atoms with Crippen LogP contribution < -0.4 is 11.5 Å². The minimum Gasteiger partial charge on any atom is -0.366 e. The smallest absolute Gasteiger partial charge is 0.267 e. The molecule has 0 atom stereocenters. The number of hydrogen-bond donors (Lipinski definition) is 2. The van der Waals surface area contributed by atoms with Crippen LogP contribution in [0.2, 0.25) is 0 Å². The number of primary amides is 2. The predicted octanol–water partition coefficient (Wildman–Crippen LogP) is 1.39. The van der Waals surface area contributed by atoms with Crippen molar-refractivity contribution in [2.24, 2.45) is 18.5 Å². The number of nitrogens with two attached hydrogens (primary N) is 2. The van der Waals surface area contributed by atoms with Gasteiger partial charge in [-0.3, -0.25) is 19.0 Å². The maximum atomic E-state index is 12.4. The first-order chi connectivity index (χ1) is 13.8. The van der Waals surface area contributed by atoms with Crippen molar-refractivity contribution in [3.05, 3.63) is 65.4 Å². The van der Waals surface area contributed by atoms with E-state index in [1.807, 2.05) is 19.3 Å². The summed E-state index contributed by atoms with van der Waals surface area (Å²) in [5.74, 6) is -1.41. The lowest BCUT2D eigenvalue weighted by Gasteiger charge is -2.13. The number of hydrogen-bond acceptors (Lipinski definition) is 5. The van der Waals surface area contributed by atoms with E-state index in [4.69, 9.17) is 11.5 Å². The molecule has 4 rings (SSSR count). The highest BCUT2D eigenvalue weighted by Gasteiger charge is 2.25. The quantitative estimate of drug-likeness (QED) is 0.532. The molecule has 4 aromatic rings. The molecule has 0 spiro atoms. The van der Waals surface area contributed by atoms with Crippen LogP contribution in [0.15, 0.2) is 42.7 Å². The molecule has 0 saturated carbocycles. The number of carbonyl (C=O) groups excluding carboxylic acids is 2. The molecule has 0 aliphatic carbocycles. The minimum atomic E-state index is -0.745. The molecule has 4 N–H and O–H groups in total. The van der Waals surface area contributed by atoms with Crippen molar-refractivity contribution in [3.8, 4) is 11.1 Å². The molecule has 0 bridgehead atoms. The third-order valence-corrected chi connectivity index (χ3v) is 4.68. The number of benzene rings is 1. The van der Waals surface area contributed by atoms with Gasteiger partial charge in [-0.05, 0) is 19.1 Å². The second-order valence-electron chi connectivity index (χ2n) is 6.76. The summed E-state index contributed by atoms with van der Waals surface area (Å²) in [6, 6.07) is 8.87. The summed E-state index contributed by atoms with van der Waals surface area (Å²) in [5, 5.41) is 9.41. The van der Waals surface area contributed by atoms with Crippen LogP contribution in [-0.2, 0) is 13.6 Å². The fourth-order valence-corrected chi connectivity index (χ4v) is 3.47. The largest absolute Gasteiger partial charge is 0.366 e. The van der Waals surface area contributed by atoms with Crippen LogP contribution in [-0.4, -0.2) is 36.4 Å². The Morgan fingerprint density at radius 1 is 1.07 bits per heavy atom. The normalized spacial score (nSPS) is 11.1. The summed E-state index contributed by atoms with van der Waals surface area (Å²) < 4.78 is 3.40. The number of nitrogens with zero attached hydrogens (tertiary/aromatic N) is 5. The highest BCUT2D eigenvalue weighted by molar-refractivity contribution is 6.15. The van der Waals surface area contributed by atoms with Gasteiger partial charge in [0.25, 0.3) is 5.91 Å². The average molecular weight is 389 g/mol. The highest BCUT2D eigenvalue weighted by Crippen LogP contribution is 2.33. The van der Waals surface area contributed by atoms with Crippen molar-refractivity contribution in [1.29, 1.82) is 0 Å². The summed E-state index contributed by atoms with van der Waals surface area (Å²) in [7, 11) is 1.84. The van der Waals surface area contributed by atoms with Crippen molar-refractivity contribution < 1.29 is 9.59 Å². The first-order valence-corrected chi connectivity index (χ1v) is 8.90. The van der Waals surface area contributed by atoms with Crippen LogP contribution in [0.5, 0.6) is 0 Å². The SMILES string of the molecule is Cc1nn(Cc2ccn(C)n2)cc1-c1c(C(N)=O)nc2ccccc2c1C(N)=O. The van der Waals surface area contributed by atoms with E-state index in [0.29, 0.717) is 34.3 Å². The van der Waals surface area contributed by atoms with Gasteiger partial charge >= 0.3 is 0 Å². The van der Waals surface area contributed by atoms with Gasteiger partial charge in [-0.1, -0.05) is 18.2 Å². The van der Waals surface area contributed by atoms with Gasteiger partial charge < -0.3 is 11.5 Å². The van der Waals surface area contributed by atoms with Crippen LogP contribution in [0.1, 0.15) is 32.2 Å². The summed E-state index contributed by atoms with van der Waals surface area (Å²) >= 11 is 0. The molecule has 2 amide bonds. The first kappa shape index (κ1) is 18.4. The number of rotatable bonds is 5. The van der Waals surface area contributed by atoms with Crippen LogP contribution in [0, 0.1) is 6.92 Å². The first-order valence-electron chi connectivity index (χ1n) is 8.90. The van der Waals surface area contributed by atoms with E-state index in [1.165, 1.54) is 0 Å². The van der Waals surface area contributed by atoms with Crippen molar-refractivity contribution in [3.63, 3.8) is 0 Å². The summed E-state index contributed by atoms with van der Waals surface area (Å²) in [6.07, 6.45) is 3.59. The number of amides is 2. The molecule has 0 fully saturated rings. The van der Waals surface area contributed by atoms with E-state index in [2.05, 4.69) is 15.2 Å². The lowest BCUT2D eigenvalue weighted by atomic mass is 9.94. The number of pyridine rings is 1. The topological polar surface area (TPSA) is 135 Å². The Kier molecular flexibility index (Phi) is 4.34. The monoisotopic (exact) mass is 389 g/mol. The van der Waals surface area contributed by atoms with E-state index in [-0.39, 0.29) is 11.3 Å². The number of para-hydroxylation sites is 1. The fourth-order valence-electron chi connectivity index (χ4n) is 3.47. The third-order valence-electron chi connectivity index (χ3n) is 4.68. The summed E-state index contributed by atoms with van der Waals surface area (Å²) in [6.45, 7) is 2.22. The Morgan fingerprint density at radius 2 is 1.83 bits per heavy atom. The van der Waals surface area contributed by atoms with Gasteiger partial charge in [0.2, 0.25) is 5.91 Å². The Morgan fingerprint density at radius 3 is 2.48 bits per heavy atom. The molecule has 0 unspecified atom stereocenters. The van der Waals surface area contributed by atoms with Crippen LogP contribution in [0.3, 0.4) is 0 Å². The number of aryl methyl sites for hydroxylation is 2. The number of carbonyl (C=O) groups is 2. The minimum absolute atomic E-state index is 0.0158. The van der Waals surface area contributed by atoms with Crippen molar-refractivity contribution in [2.45, 2.75) is 13.5 Å². The molecule has 0 aliphatic rings. The van der Waals surface area contributed by atoms with E-state index >= 15 is 0 Å². The zero-order valence-corrected chi connectivity index (χ0v) is 16.0. The van der Waals surface area contributed by atoms with Gasteiger partial charge in [0.1, 0.15) is 5.69 Å². The summed E-state index contributed by atoms with van der Waals surface area (Å²) in [5.41, 5.74) is 14.3. The van der Waals surface area contributed by atoms with E-state index in [1.54, 1.807) is 46.7 Å².